The van der Waals surface area contributed by atoms with E-state index in [1.807, 2.05) is 6.08 Å². The van der Waals surface area contributed by atoms with Crippen LogP contribution in [0.3, 0.4) is 0 Å². The van der Waals surface area contributed by atoms with Crippen LogP contribution in [0.15, 0.2) is 35.5 Å². The second kappa shape index (κ2) is 6.39. The van der Waals surface area contributed by atoms with Crippen LogP contribution in [0.2, 0.25) is 0 Å². The molecular formula is C18H21ClF3N. The van der Waals surface area contributed by atoms with Crippen molar-refractivity contribution >= 4 is 11.6 Å². The molecule has 1 heterocycles. The summed E-state index contributed by atoms with van der Waals surface area (Å²) in [5.41, 5.74) is 0.331. The van der Waals surface area contributed by atoms with Gasteiger partial charge in [0.25, 0.3) is 0 Å². The van der Waals surface area contributed by atoms with Crippen molar-refractivity contribution < 1.29 is 13.2 Å². The Bertz CT molecular complexity index is 575. The molecule has 0 saturated heterocycles. The highest BCUT2D eigenvalue weighted by Crippen LogP contribution is 2.38. The van der Waals surface area contributed by atoms with Gasteiger partial charge >= 0.3 is 6.18 Å². The van der Waals surface area contributed by atoms with Crippen molar-refractivity contribution in [1.29, 1.82) is 0 Å². The molecule has 3 rings (SSSR count). The first-order valence-electron chi connectivity index (χ1n) is 8.16. The molecule has 1 aromatic carbocycles. The zero-order chi connectivity index (χ0) is 16.6. The van der Waals surface area contributed by atoms with E-state index in [1.54, 1.807) is 12.1 Å². The van der Waals surface area contributed by atoms with E-state index in [0.29, 0.717) is 12.0 Å². The first-order valence-corrected chi connectivity index (χ1v) is 8.54. The van der Waals surface area contributed by atoms with Gasteiger partial charge in [0.1, 0.15) is 5.16 Å². The molecule has 0 spiro atoms. The third-order valence-corrected chi connectivity index (χ3v) is 5.57. The van der Waals surface area contributed by atoms with Crippen LogP contribution in [0, 0.1) is 5.92 Å². The highest BCUT2D eigenvalue weighted by Gasteiger charge is 2.35. The summed E-state index contributed by atoms with van der Waals surface area (Å²) in [6.07, 6.45) is 3.11. The molecule has 0 N–H and O–H groups in total. The van der Waals surface area contributed by atoms with Gasteiger partial charge in [0.05, 0.1) is 5.56 Å². The van der Waals surface area contributed by atoms with Crippen molar-refractivity contribution in [1.82, 2.24) is 4.90 Å². The number of alkyl halides is 3. The third kappa shape index (κ3) is 3.52. The predicted octanol–water partition coefficient (Wildman–Crippen LogP) is 5.59. The molecule has 126 valence electrons. The van der Waals surface area contributed by atoms with Gasteiger partial charge in [-0.2, -0.15) is 13.2 Å². The molecule has 1 saturated carbocycles. The molecule has 1 aliphatic heterocycles. The minimum absolute atomic E-state index is 0.245. The predicted molar refractivity (Wildman–Crippen MR) is 86.1 cm³/mol. The summed E-state index contributed by atoms with van der Waals surface area (Å²) in [5.74, 6) is 0.686. The Labute approximate surface area is 140 Å². The van der Waals surface area contributed by atoms with Crippen molar-refractivity contribution in [3.63, 3.8) is 0 Å². The van der Waals surface area contributed by atoms with Crippen LogP contribution in [0.4, 0.5) is 13.2 Å². The fourth-order valence-corrected chi connectivity index (χ4v) is 3.97. The largest absolute Gasteiger partial charge is 0.416 e. The van der Waals surface area contributed by atoms with Crippen molar-refractivity contribution in [2.75, 3.05) is 0 Å². The standard InChI is InChI=1S/C18H21ClF3N/c1-12(14-3-2-4-14)23-16(9-10-17(23)19)11-13-5-7-15(8-6-13)18(20,21)22/h5-8,10,12,14,16H,2-4,9,11H2,1H3. The highest BCUT2D eigenvalue weighted by atomic mass is 35.5. The van der Waals surface area contributed by atoms with Crippen molar-refractivity contribution in [3.8, 4) is 0 Å². The average molecular weight is 344 g/mol. The number of benzene rings is 1. The molecule has 0 amide bonds. The monoisotopic (exact) mass is 343 g/mol. The minimum Gasteiger partial charge on any atom is -0.356 e. The summed E-state index contributed by atoms with van der Waals surface area (Å²) in [4.78, 5) is 2.27. The van der Waals surface area contributed by atoms with Crippen LogP contribution in [0.5, 0.6) is 0 Å². The maximum absolute atomic E-state index is 12.6. The molecule has 23 heavy (non-hydrogen) atoms. The molecule has 2 aliphatic rings. The van der Waals surface area contributed by atoms with Gasteiger partial charge in [-0.1, -0.05) is 30.2 Å². The van der Waals surface area contributed by atoms with Crippen molar-refractivity contribution in [3.05, 3.63) is 46.6 Å². The van der Waals surface area contributed by atoms with E-state index >= 15 is 0 Å². The van der Waals surface area contributed by atoms with E-state index in [4.69, 9.17) is 11.6 Å². The van der Waals surface area contributed by atoms with Gasteiger partial charge in [-0.3, -0.25) is 0 Å². The van der Waals surface area contributed by atoms with Crippen LogP contribution in [-0.2, 0) is 12.6 Å². The summed E-state index contributed by atoms with van der Waals surface area (Å²) in [6, 6.07) is 6.14. The summed E-state index contributed by atoms with van der Waals surface area (Å²) in [7, 11) is 0. The Morgan fingerprint density at radius 1 is 1.22 bits per heavy atom. The van der Waals surface area contributed by atoms with E-state index in [-0.39, 0.29) is 6.04 Å². The van der Waals surface area contributed by atoms with Gasteiger partial charge in [-0.25, -0.2) is 0 Å². The summed E-state index contributed by atoms with van der Waals surface area (Å²) < 4.78 is 37.9. The smallest absolute Gasteiger partial charge is 0.356 e. The fourth-order valence-electron chi connectivity index (χ4n) is 3.59. The van der Waals surface area contributed by atoms with E-state index in [9.17, 15) is 13.2 Å². The number of hydrogen-bond donors (Lipinski definition) is 0. The van der Waals surface area contributed by atoms with Crippen LogP contribution in [0.25, 0.3) is 0 Å². The first-order chi connectivity index (χ1) is 10.9. The van der Waals surface area contributed by atoms with E-state index in [0.717, 1.165) is 23.6 Å². The average Bonchev–Trinajstić information content (AvgIpc) is 2.77. The Morgan fingerprint density at radius 2 is 1.87 bits per heavy atom. The molecule has 1 nitrogen and oxygen atoms in total. The zero-order valence-electron chi connectivity index (χ0n) is 13.1. The Morgan fingerprint density at radius 3 is 2.39 bits per heavy atom. The lowest BCUT2D eigenvalue weighted by atomic mass is 9.79. The Balaban J connectivity index is 1.69. The maximum atomic E-state index is 12.6. The minimum atomic E-state index is -4.28. The van der Waals surface area contributed by atoms with E-state index in [2.05, 4.69) is 11.8 Å². The molecule has 2 atom stereocenters. The molecule has 1 aromatic rings. The van der Waals surface area contributed by atoms with Gasteiger partial charge < -0.3 is 4.90 Å². The van der Waals surface area contributed by atoms with Crippen LogP contribution in [0.1, 0.15) is 43.7 Å². The number of rotatable bonds is 4. The Kier molecular flexibility index (Phi) is 4.63. The Hall–Kier alpha value is -1.16. The number of hydrogen-bond acceptors (Lipinski definition) is 1. The van der Waals surface area contributed by atoms with Gasteiger partial charge in [0.15, 0.2) is 0 Å². The molecular weight excluding hydrogens is 323 g/mol. The van der Waals surface area contributed by atoms with Crippen LogP contribution < -0.4 is 0 Å². The topological polar surface area (TPSA) is 3.24 Å². The number of halogens is 4. The summed E-state index contributed by atoms with van der Waals surface area (Å²) in [6.45, 7) is 2.21. The van der Waals surface area contributed by atoms with Crippen molar-refractivity contribution in [2.45, 2.75) is 57.3 Å². The highest BCUT2D eigenvalue weighted by molar-refractivity contribution is 6.29. The van der Waals surface area contributed by atoms with Crippen molar-refractivity contribution in [2.24, 2.45) is 5.92 Å². The SMILES string of the molecule is CC(C1CCC1)N1C(Cl)=CCC1Cc1ccc(C(F)(F)F)cc1. The summed E-state index contributed by atoms with van der Waals surface area (Å²) in [5, 5.41) is 0.793. The summed E-state index contributed by atoms with van der Waals surface area (Å²) >= 11 is 6.38. The van der Waals surface area contributed by atoms with E-state index in [1.165, 1.54) is 31.4 Å². The first kappa shape index (κ1) is 16.7. The van der Waals surface area contributed by atoms with Gasteiger partial charge in [0, 0.05) is 12.1 Å². The maximum Gasteiger partial charge on any atom is 0.416 e. The quantitative estimate of drug-likeness (QED) is 0.644. The lowest BCUT2D eigenvalue weighted by molar-refractivity contribution is -0.137. The second-order valence-corrected chi connectivity index (χ2v) is 7.04. The molecule has 0 bridgehead atoms. The van der Waals surface area contributed by atoms with Gasteiger partial charge in [-0.05, 0) is 62.3 Å². The fraction of sp³-hybridized carbons (Fsp3) is 0.556. The lowest BCUT2D eigenvalue weighted by Gasteiger charge is -2.42. The molecule has 5 heteroatoms. The molecule has 1 fully saturated rings. The second-order valence-electron chi connectivity index (χ2n) is 6.65. The van der Waals surface area contributed by atoms with Gasteiger partial charge in [-0.15, -0.1) is 0 Å². The van der Waals surface area contributed by atoms with Crippen LogP contribution in [-0.4, -0.2) is 17.0 Å². The van der Waals surface area contributed by atoms with Gasteiger partial charge in [0.2, 0.25) is 0 Å². The zero-order valence-corrected chi connectivity index (χ0v) is 13.9. The molecule has 0 radical (unpaired) electrons. The third-order valence-electron chi connectivity index (χ3n) is 5.22. The van der Waals surface area contributed by atoms with Crippen LogP contribution >= 0.6 is 11.6 Å². The van der Waals surface area contributed by atoms with E-state index < -0.39 is 11.7 Å². The lowest BCUT2D eigenvalue weighted by Crippen LogP contribution is -2.44. The normalized spacial score (nSPS) is 23.6. The molecule has 1 aliphatic carbocycles. The number of nitrogens with zero attached hydrogens (tertiary/aromatic N) is 1. The molecule has 2 unspecified atom stereocenters. The molecule has 0 aromatic heterocycles.